The Kier molecular flexibility index (Phi) is 3.72. The summed E-state index contributed by atoms with van der Waals surface area (Å²) in [6.45, 7) is 5.92. The lowest BCUT2D eigenvalue weighted by Gasteiger charge is -2.07. The van der Waals surface area contributed by atoms with Gasteiger partial charge in [-0.1, -0.05) is 13.5 Å². The van der Waals surface area contributed by atoms with Crippen molar-refractivity contribution in [2.75, 3.05) is 0 Å². The minimum absolute atomic E-state index is 0.293. The predicted molar refractivity (Wildman–Crippen MR) is 73.7 cm³/mol. The van der Waals surface area contributed by atoms with Crippen molar-refractivity contribution < 1.29 is 4.39 Å². The average Bonchev–Trinajstić information content (AvgIpc) is 2.46. The van der Waals surface area contributed by atoms with E-state index in [1.165, 1.54) is 12.1 Å². The molecule has 1 aromatic carbocycles. The second-order valence-corrected chi connectivity index (χ2v) is 4.20. The lowest BCUT2D eigenvalue weighted by molar-refractivity contribution is 0.628. The van der Waals surface area contributed by atoms with Gasteiger partial charge in [-0.25, -0.2) is 9.37 Å². The molecule has 2 aromatic rings. The van der Waals surface area contributed by atoms with Crippen molar-refractivity contribution in [2.24, 2.45) is 0 Å². The van der Waals surface area contributed by atoms with E-state index in [4.69, 9.17) is 5.26 Å². The van der Waals surface area contributed by atoms with Crippen LogP contribution in [-0.2, 0) is 0 Å². The van der Waals surface area contributed by atoms with Crippen LogP contribution in [0.1, 0.15) is 24.6 Å². The van der Waals surface area contributed by atoms with Crippen LogP contribution in [0.4, 0.5) is 4.39 Å². The fourth-order valence-electron chi connectivity index (χ4n) is 1.73. The second-order valence-electron chi connectivity index (χ2n) is 4.20. The van der Waals surface area contributed by atoms with Crippen LogP contribution in [0.2, 0.25) is 0 Å². The summed E-state index contributed by atoms with van der Waals surface area (Å²) >= 11 is 0. The molecule has 0 spiro atoms. The predicted octanol–water partition coefficient (Wildman–Crippen LogP) is 4.18. The summed E-state index contributed by atoms with van der Waals surface area (Å²) in [7, 11) is 0. The van der Waals surface area contributed by atoms with Crippen LogP contribution in [0, 0.1) is 17.1 Å². The standard InChI is InChI=1S/C16H13FN2/c1-3-11(2)15-8-12(10-18)9-16(19-15)13-4-6-14(17)7-5-13/h4-9H,2-3H2,1H3. The Morgan fingerprint density at radius 3 is 2.58 bits per heavy atom. The van der Waals surface area contributed by atoms with E-state index in [0.717, 1.165) is 17.6 Å². The van der Waals surface area contributed by atoms with Crippen LogP contribution in [0.5, 0.6) is 0 Å². The summed E-state index contributed by atoms with van der Waals surface area (Å²) in [6.07, 6.45) is 0.769. The minimum atomic E-state index is -0.293. The van der Waals surface area contributed by atoms with Gasteiger partial charge >= 0.3 is 0 Å². The number of hydrogen-bond donors (Lipinski definition) is 0. The van der Waals surface area contributed by atoms with Gasteiger partial charge in [-0.15, -0.1) is 0 Å². The van der Waals surface area contributed by atoms with E-state index < -0.39 is 0 Å². The van der Waals surface area contributed by atoms with Gasteiger partial charge in [-0.3, -0.25) is 0 Å². The summed E-state index contributed by atoms with van der Waals surface area (Å²) in [5, 5.41) is 9.06. The first kappa shape index (κ1) is 13.0. The summed E-state index contributed by atoms with van der Waals surface area (Å²) in [5.74, 6) is -0.293. The molecule has 2 rings (SSSR count). The molecule has 0 aliphatic carbocycles. The van der Waals surface area contributed by atoms with Gasteiger partial charge in [0.2, 0.25) is 0 Å². The number of hydrogen-bond acceptors (Lipinski definition) is 2. The average molecular weight is 252 g/mol. The Labute approximate surface area is 111 Å². The lowest BCUT2D eigenvalue weighted by atomic mass is 10.1. The van der Waals surface area contributed by atoms with Crippen molar-refractivity contribution >= 4 is 5.57 Å². The van der Waals surface area contributed by atoms with Crippen molar-refractivity contribution in [1.29, 1.82) is 5.26 Å². The molecule has 0 saturated carbocycles. The quantitative estimate of drug-likeness (QED) is 0.821. The maximum Gasteiger partial charge on any atom is 0.123 e. The largest absolute Gasteiger partial charge is 0.248 e. The first-order chi connectivity index (χ1) is 9.13. The SMILES string of the molecule is C=C(CC)c1cc(C#N)cc(-c2ccc(F)cc2)n1. The molecule has 0 N–H and O–H groups in total. The molecule has 0 bridgehead atoms. The molecule has 0 aliphatic heterocycles. The van der Waals surface area contributed by atoms with Crippen LogP contribution in [-0.4, -0.2) is 4.98 Å². The van der Waals surface area contributed by atoms with Crippen molar-refractivity contribution in [3.8, 4) is 17.3 Å². The summed E-state index contributed by atoms with van der Waals surface area (Å²) in [5.41, 5.74) is 3.55. The topological polar surface area (TPSA) is 36.7 Å². The zero-order valence-electron chi connectivity index (χ0n) is 10.7. The van der Waals surface area contributed by atoms with Gasteiger partial charge in [-0.05, 0) is 48.4 Å². The molecule has 94 valence electrons. The molecule has 0 atom stereocenters. The maximum absolute atomic E-state index is 12.9. The summed E-state index contributed by atoms with van der Waals surface area (Å²) in [6, 6.07) is 11.6. The molecule has 3 heteroatoms. The highest BCUT2D eigenvalue weighted by atomic mass is 19.1. The van der Waals surface area contributed by atoms with E-state index in [1.807, 2.05) is 6.92 Å². The van der Waals surface area contributed by atoms with Gasteiger partial charge in [0, 0.05) is 5.56 Å². The van der Waals surface area contributed by atoms with Gasteiger partial charge in [-0.2, -0.15) is 5.26 Å². The molecule has 1 heterocycles. The van der Waals surface area contributed by atoms with Gasteiger partial charge in [0.1, 0.15) is 5.82 Å². The number of aromatic nitrogens is 1. The lowest BCUT2D eigenvalue weighted by Crippen LogP contribution is -1.93. The van der Waals surface area contributed by atoms with Crippen LogP contribution in [0.3, 0.4) is 0 Å². The molecule has 2 nitrogen and oxygen atoms in total. The molecule has 1 aromatic heterocycles. The first-order valence-corrected chi connectivity index (χ1v) is 6.00. The third-order valence-electron chi connectivity index (χ3n) is 2.88. The van der Waals surface area contributed by atoms with E-state index in [9.17, 15) is 4.39 Å². The fraction of sp³-hybridized carbons (Fsp3) is 0.125. The Morgan fingerprint density at radius 1 is 1.32 bits per heavy atom. The molecular weight excluding hydrogens is 239 g/mol. The summed E-state index contributed by atoms with van der Waals surface area (Å²) < 4.78 is 12.9. The third-order valence-corrected chi connectivity index (χ3v) is 2.88. The van der Waals surface area contributed by atoms with E-state index in [0.29, 0.717) is 17.0 Å². The van der Waals surface area contributed by atoms with Crippen LogP contribution >= 0.6 is 0 Å². The number of benzene rings is 1. The van der Waals surface area contributed by atoms with E-state index in [2.05, 4.69) is 17.6 Å². The zero-order chi connectivity index (χ0) is 13.8. The van der Waals surface area contributed by atoms with Gasteiger partial charge in [0.25, 0.3) is 0 Å². The molecule has 0 aliphatic rings. The highest BCUT2D eigenvalue weighted by Gasteiger charge is 2.07. The number of allylic oxidation sites excluding steroid dienone is 1. The van der Waals surface area contributed by atoms with Gasteiger partial charge in [0.15, 0.2) is 0 Å². The molecular formula is C16H13FN2. The fourth-order valence-corrected chi connectivity index (χ4v) is 1.73. The Bertz CT molecular complexity index is 651. The smallest absolute Gasteiger partial charge is 0.123 e. The number of nitriles is 1. The molecule has 0 radical (unpaired) electrons. The van der Waals surface area contributed by atoms with Crippen molar-refractivity contribution in [1.82, 2.24) is 4.98 Å². The van der Waals surface area contributed by atoms with Gasteiger partial charge in [0.05, 0.1) is 23.0 Å². The maximum atomic E-state index is 12.9. The number of rotatable bonds is 3. The van der Waals surface area contributed by atoms with Crippen LogP contribution in [0.15, 0.2) is 43.0 Å². The van der Waals surface area contributed by atoms with E-state index in [-0.39, 0.29) is 5.82 Å². The summed E-state index contributed by atoms with van der Waals surface area (Å²) in [4.78, 5) is 4.48. The van der Waals surface area contributed by atoms with Crippen molar-refractivity contribution in [3.63, 3.8) is 0 Å². The minimum Gasteiger partial charge on any atom is -0.248 e. The molecule has 0 saturated heterocycles. The van der Waals surface area contributed by atoms with E-state index in [1.54, 1.807) is 24.3 Å². The van der Waals surface area contributed by atoms with Crippen LogP contribution < -0.4 is 0 Å². The highest BCUT2D eigenvalue weighted by molar-refractivity contribution is 5.67. The molecule has 0 amide bonds. The molecule has 19 heavy (non-hydrogen) atoms. The Hall–Kier alpha value is -2.47. The zero-order valence-corrected chi connectivity index (χ0v) is 10.7. The normalized spacial score (nSPS) is 9.95. The van der Waals surface area contributed by atoms with Gasteiger partial charge < -0.3 is 0 Å². The number of halogens is 1. The first-order valence-electron chi connectivity index (χ1n) is 6.00. The molecule has 0 unspecified atom stereocenters. The van der Waals surface area contributed by atoms with Crippen molar-refractivity contribution in [2.45, 2.75) is 13.3 Å². The number of pyridine rings is 1. The monoisotopic (exact) mass is 252 g/mol. The number of nitrogens with zero attached hydrogens (tertiary/aromatic N) is 2. The second kappa shape index (κ2) is 5.45. The highest BCUT2D eigenvalue weighted by Crippen LogP contribution is 2.23. The third kappa shape index (κ3) is 2.86. The van der Waals surface area contributed by atoms with Crippen molar-refractivity contribution in [3.05, 3.63) is 60.1 Å². The van der Waals surface area contributed by atoms with E-state index >= 15 is 0 Å². The molecule has 0 fully saturated rings. The Balaban J connectivity index is 2.54. The van der Waals surface area contributed by atoms with Crippen LogP contribution in [0.25, 0.3) is 16.8 Å². The Morgan fingerprint density at radius 2 is 2.00 bits per heavy atom.